The van der Waals surface area contributed by atoms with Crippen LogP contribution in [0.3, 0.4) is 0 Å². The third-order valence-electron chi connectivity index (χ3n) is 4.90. The molecule has 1 aliphatic rings. The fourth-order valence-electron chi connectivity index (χ4n) is 3.47. The average molecular weight is 357 g/mol. The zero-order valence-electron chi connectivity index (χ0n) is 13.3. The number of hydrogen-bond donors (Lipinski definition) is 1. The second-order valence-electron chi connectivity index (χ2n) is 7.63. The van der Waals surface area contributed by atoms with Crippen LogP contribution < -0.4 is 0 Å². The monoisotopic (exact) mass is 356 g/mol. The van der Waals surface area contributed by atoms with Crippen molar-refractivity contribution in [2.24, 2.45) is 11.3 Å². The lowest BCUT2D eigenvalue weighted by Gasteiger charge is -2.31. The van der Waals surface area contributed by atoms with E-state index in [1.54, 1.807) is 12.1 Å². The maximum Gasteiger partial charge on any atom is 0.126 e. The van der Waals surface area contributed by atoms with Crippen molar-refractivity contribution >= 4 is 15.9 Å². The first kappa shape index (κ1) is 17.0. The summed E-state index contributed by atoms with van der Waals surface area (Å²) in [7, 11) is 0. The van der Waals surface area contributed by atoms with E-state index in [4.69, 9.17) is 0 Å². The third-order valence-corrected chi connectivity index (χ3v) is 5.40. The van der Waals surface area contributed by atoms with Crippen LogP contribution in [-0.2, 0) is 6.42 Å². The standard InChI is InChI=1S/C18H26BrFO/c1-17(2,3)14-5-4-9-18(21,10-8-14)12-13-11-15(19)6-7-16(13)20/h6-7,11,14,21H,4-5,8-10,12H2,1-3H3. The maximum atomic E-state index is 13.9. The van der Waals surface area contributed by atoms with Crippen LogP contribution in [0, 0.1) is 17.2 Å². The average Bonchev–Trinajstić information content (AvgIpc) is 2.55. The molecule has 1 aromatic carbocycles. The predicted molar refractivity (Wildman–Crippen MR) is 88.8 cm³/mol. The minimum atomic E-state index is -0.762. The van der Waals surface area contributed by atoms with E-state index in [1.165, 1.54) is 6.07 Å². The number of benzene rings is 1. The van der Waals surface area contributed by atoms with Crippen LogP contribution in [0.5, 0.6) is 0 Å². The van der Waals surface area contributed by atoms with Crippen LogP contribution in [0.1, 0.15) is 58.4 Å². The number of aliphatic hydroxyl groups is 1. The summed E-state index contributed by atoms with van der Waals surface area (Å²) in [6.45, 7) is 6.82. The van der Waals surface area contributed by atoms with Gasteiger partial charge in [0, 0.05) is 10.9 Å². The SMILES string of the molecule is CC(C)(C)C1CCCC(O)(Cc2cc(Br)ccc2F)CC1. The van der Waals surface area contributed by atoms with E-state index < -0.39 is 5.60 Å². The van der Waals surface area contributed by atoms with Crippen LogP contribution in [0.4, 0.5) is 4.39 Å². The molecule has 1 fully saturated rings. The van der Waals surface area contributed by atoms with Crippen molar-refractivity contribution < 1.29 is 9.50 Å². The first-order valence-electron chi connectivity index (χ1n) is 7.86. The summed E-state index contributed by atoms with van der Waals surface area (Å²) < 4.78 is 14.8. The van der Waals surface area contributed by atoms with Gasteiger partial charge in [0.2, 0.25) is 0 Å². The molecule has 2 unspecified atom stereocenters. The first-order chi connectivity index (χ1) is 9.70. The molecule has 1 nitrogen and oxygen atoms in total. The van der Waals surface area contributed by atoms with Gasteiger partial charge in [0.25, 0.3) is 0 Å². The number of halogens is 2. The van der Waals surface area contributed by atoms with E-state index in [0.29, 0.717) is 17.9 Å². The van der Waals surface area contributed by atoms with Crippen molar-refractivity contribution in [1.29, 1.82) is 0 Å². The molecule has 0 heterocycles. The number of hydrogen-bond acceptors (Lipinski definition) is 1. The van der Waals surface area contributed by atoms with E-state index in [-0.39, 0.29) is 11.2 Å². The normalized spacial score (nSPS) is 27.4. The van der Waals surface area contributed by atoms with Crippen molar-refractivity contribution in [3.05, 3.63) is 34.1 Å². The van der Waals surface area contributed by atoms with Crippen molar-refractivity contribution in [3.63, 3.8) is 0 Å². The molecule has 1 aliphatic carbocycles. The topological polar surface area (TPSA) is 20.2 Å². The zero-order chi connectivity index (χ0) is 15.7. The van der Waals surface area contributed by atoms with Gasteiger partial charge < -0.3 is 5.11 Å². The molecule has 0 radical (unpaired) electrons. The highest BCUT2D eigenvalue weighted by atomic mass is 79.9. The Morgan fingerprint density at radius 1 is 1.29 bits per heavy atom. The largest absolute Gasteiger partial charge is 0.390 e. The Kier molecular flexibility index (Phi) is 5.15. The van der Waals surface area contributed by atoms with Gasteiger partial charge in [-0.25, -0.2) is 4.39 Å². The molecule has 1 N–H and O–H groups in total. The minimum Gasteiger partial charge on any atom is -0.390 e. The van der Waals surface area contributed by atoms with E-state index in [0.717, 1.165) is 36.6 Å². The lowest BCUT2D eigenvalue weighted by Crippen LogP contribution is -2.31. The third kappa shape index (κ3) is 4.53. The number of rotatable bonds is 2. The summed E-state index contributed by atoms with van der Waals surface area (Å²) in [5, 5.41) is 10.9. The highest BCUT2D eigenvalue weighted by molar-refractivity contribution is 9.10. The van der Waals surface area contributed by atoms with Gasteiger partial charge in [0.05, 0.1) is 5.60 Å². The van der Waals surface area contributed by atoms with E-state index in [9.17, 15) is 9.50 Å². The Morgan fingerprint density at radius 3 is 2.67 bits per heavy atom. The summed E-state index contributed by atoms with van der Waals surface area (Å²) in [6.07, 6.45) is 5.15. The summed E-state index contributed by atoms with van der Waals surface area (Å²) in [6, 6.07) is 4.96. The molecule has 1 saturated carbocycles. The highest BCUT2D eigenvalue weighted by Crippen LogP contribution is 2.41. The van der Waals surface area contributed by atoms with Crippen molar-refractivity contribution in [3.8, 4) is 0 Å². The van der Waals surface area contributed by atoms with E-state index >= 15 is 0 Å². The summed E-state index contributed by atoms with van der Waals surface area (Å²) >= 11 is 3.38. The molecule has 21 heavy (non-hydrogen) atoms. The molecule has 1 aromatic rings. The maximum absolute atomic E-state index is 13.9. The molecule has 0 aliphatic heterocycles. The van der Waals surface area contributed by atoms with Gasteiger partial charge >= 0.3 is 0 Å². The molecule has 2 atom stereocenters. The second kappa shape index (κ2) is 6.37. The van der Waals surface area contributed by atoms with Crippen LogP contribution in [0.15, 0.2) is 22.7 Å². The Morgan fingerprint density at radius 2 is 2.00 bits per heavy atom. The van der Waals surface area contributed by atoms with Gasteiger partial charge in [-0.1, -0.05) is 43.1 Å². The zero-order valence-corrected chi connectivity index (χ0v) is 14.8. The molecule has 3 heteroatoms. The molecule has 118 valence electrons. The van der Waals surface area contributed by atoms with Gasteiger partial charge in [-0.3, -0.25) is 0 Å². The summed E-state index contributed by atoms with van der Waals surface area (Å²) in [4.78, 5) is 0. The van der Waals surface area contributed by atoms with E-state index in [2.05, 4.69) is 36.7 Å². The quantitative estimate of drug-likeness (QED) is 0.694. The van der Waals surface area contributed by atoms with Gasteiger partial charge in [0.15, 0.2) is 0 Å². The van der Waals surface area contributed by atoms with Crippen molar-refractivity contribution in [1.82, 2.24) is 0 Å². The van der Waals surface area contributed by atoms with Gasteiger partial charge in [-0.2, -0.15) is 0 Å². The molecule has 0 saturated heterocycles. The fraction of sp³-hybridized carbons (Fsp3) is 0.667. The van der Waals surface area contributed by atoms with Crippen molar-refractivity contribution in [2.45, 2.75) is 64.9 Å². The Balaban J connectivity index is 2.10. The lowest BCUT2D eigenvalue weighted by atomic mass is 9.76. The highest BCUT2D eigenvalue weighted by Gasteiger charge is 2.35. The first-order valence-corrected chi connectivity index (χ1v) is 8.65. The van der Waals surface area contributed by atoms with Crippen molar-refractivity contribution in [2.75, 3.05) is 0 Å². The molecule has 0 aromatic heterocycles. The molecular formula is C18H26BrFO. The molecule has 0 spiro atoms. The van der Waals surface area contributed by atoms with Gasteiger partial charge in [-0.15, -0.1) is 0 Å². The van der Waals surface area contributed by atoms with E-state index in [1.807, 2.05) is 0 Å². The Bertz CT molecular complexity index is 494. The van der Waals surface area contributed by atoms with Gasteiger partial charge in [0.1, 0.15) is 5.82 Å². The predicted octanol–water partition coefficient (Wildman–Crippen LogP) is 5.49. The van der Waals surface area contributed by atoms with Crippen LogP contribution >= 0.6 is 15.9 Å². The van der Waals surface area contributed by atoms with Crippen LogP contribution in [0.2, 0.25) is 0 Å². The van der Waals surface area contributed by atoms with Gasteiger partial charge in [-0.05, 0) is 60.8 Å². The summed E-state index contributed by atoms with van der Waals surface area (Å²) in [5.74, 6) is 0.419. The minimum absolute atomic E-state index is 0.219. The fourth-order valence-corrected chi connectivity index (χ4v) is 3.87. The Labute approximate surface area is 136 Å². The molecule has 0 amide bonds. The lowest BCUT2D eigenvalue weighted by molar-refractivity contribution is 0.0218. The second-order valence-corrected chi connectivity index (χ2v) is 8.55. The smallest absolute Gasteiger partial charge is 0.126 e. The molecule has 0 bridgehead atoms. The molecule has 2 rings (SSSR count). The summed E-state index contributed by atoms with van der Waals surface area (Å²) in [5.41, 5.74) is 0.134. The van der Waals surface area contributed by atoms with Crippen LogP contribution in [-0.4, -0.2) is 10.7 Å². The van der Waals surface area contributed by atoms with Crippen LogP contribution in [0.25, 0.3) is 0 Å². The Hall–Kier alpha value is -0.410. The molecular weight excluding hydrogens is 331 g/mol.